The number of benzene rings is 2. The predicted octanol–water partition coefficient (Wildman–Crippen LogP) is 5.05. The number of rotatable bonds is 5. The van der Waals surface area contributed by atoms with Gasteiger partial charge in [0.2, 0.25) is 0 Å². The van der Waals surface area contributed by atoms with E-state index in [1.165, 1.54) is 16.9 Å². The van der Waals surface area contributed by atoms with Gasteiger partial charge < -0.3 is 9.64 Å². The fourth-order valence-electron chi connectivity index (χ4n) is 2.59. The van der Waals surface area contributed by atoms with Gasteiger partial charge in [0.15, 0.2) is 0 Å². The molecule has 120 valence electrons. The Hall–Kier alpha value is -1.43. The third-order valence-corrected chi connectivity index (χ3v) is 4.86. The molecule has 0 saturated heterocycles. The molecule has 0 radical (unpaired) electrons. The summed E-state index contributed by atoms with van der Waals surface area (Å²) < 4.78 is 12.8. The zero-order valence-corrected chi connectivity index (χ0v) is 15.8. The summed E-state index contributed by atoms with van der Waals surface area (Å²) in [5.41, 5.74) is 2.17. The van der Waals surface area contributed by atoms with Crippen molar-refractivity contribution in [2.45, 2.75) is 13.0 Å². The van der Waals surface area contributed by atoms with E-state index in [0.29, 0.717) is 0 Å². The summed E-state index contributed by atoms with van der Waals surface area (Å²) in [6, 6.07) is 14.5. The summed E-state index contributed by atoms with van der Waals surface area (Å²) in [7, 11) is 4.10. The van der Waals surface area contributed by atoms with E-state index in [-0.39, 0.29) is 6.10 Å². The topological polar surface area (TPSA) is 25.4 Å². The second-order valence-electron chi connectivity index (χ2n) is 5.89. The van der Waals surface area contributed by atoms with Gasteiger partial charge in [0, 0.05) is 22.0 Å². The van der Waals surface area contributed by atoms with Crippen molar-refractivity contribution in [3.63, 3.8) is 0 Å². The van der Waals surface area contributed by atoms with Crippen LogP contribution in [0.5, 0.6) is 5.75 Å². The number of halogens is 1. The lowest BCUT2D eigenvalue weighted by atomic mass is 10.1. The molecule has 1 unspecified atom stereocenters. The molecule has 23 heavy (non-hydrogen) atoms. The summed E-state index contributed by atoms with van der Waals surface area (Å²) in [6.45, 7) is 2.98. The van der Waals surface area contributed by atoms with Gasteiger partial charge in [0.25, 0.3) is 0 Å². The minimum atomic E-state index is 0.154. The zero-order chi connectivity index (χ0) is 16.4. The average Bonchev–Trinajstić information content (AvgIpc) is 2.90. The maximum atomic E-state index is 5.99. The van der Waals surface area contributed by atoms with Crippen molar-refractivity contribution < 1.29 is 4.74 Å². The van der Waals surface area contributed by atoms with Gasteiger partial charge in [0.05, 0.1) is 10.4 Å². The first kappa shape index (κ1) is 16.4. The van der Waals surface area contributed by atoms with E-state index in [2.05, 4.69) is 70.5 Å². The van der Waals surface area contributed by atoms with E-state index in [9.17, 15) is 0 Å². The molecular weight excluding hydrogens is 372 g/mol. The Balaban J connectivity index is 1.86. The molecule has 0 aliphatic carbocycles. The summed E-state index contributed by atoms with van der Waals surface area (Å²) >= 11 is 4.99. The van der Waals surface area contributed by atoms with Crippen molar-refractivity contribution >= 4 is 37.5 Å². The number of likely N-dealkylation sites (N-methyl/N-ethyl adjacent to an activating group) is 1. The van der Waals surface area contributed by atoms with Gasteiger partial charge in [-0.05, 0) is 62.9 Å². The monoisotopic (exact) mass is 390 g/mol. The van der Waals surface area contributed by atoms with Crippen molar-refractivity contribution in [1.29, 1.82) is 0 Å². The molecule has 0 aliphatic rings. The molecule has 5 heteroatoms. The Morgan fingerprint density at radius 3 is 2.61 bits per heavy atom. The van der Waals surface area contributed by atoms with Gasteiger partial charge in [-0.2, -0.15) is 4.37 Å². The van der Waals surface area contributed by atoms with Crippen LogP contribution >= 0.6 is 27.5 Å². The third-order valence-electron chi connectivity index (χ3n) is 3.52. The largest absolute Gasteiger partial charge is 0.489 e. The molecule has 1 atom stereocenters. The number of hydrogen-bond donors (Lipinski definition) is 0. The molecule has 2 aromatic carbocycles. The predicted molar refractivity (Wildman–Crippen MR) is 101 cm³/mol. The third kappa shape index (κ3) is 3.91. The van der Waals surface area contributed by atoms with Crippen LogP contribution in [0, 0.1) is 0 Å². The van der Waals surface area contributed by atoms with Gasteiger partial charge in [-0.3, -0.25) is 0 Å². The maximum absolute atomic E-state index is 5.99. The van der Waals surface area contributed by atoms with Gasteiger partial charge in [0.1, 0.15) is 11.9 Å². The Bertz CT molecular complexity index is 798. The second kappa shape index (κ2) is 6.99. The molecule has 0 fully saturated rings. The second-order valence-corrected chi connectivity index (χ2v) is 7.61. The molecule has 3 rings (SSSR count). The molecule has 0 N–H and O–H groups in total. The van der Waals surface area contributed by atoms with Crippen LogP contribution in [0.25, 0.3) is 21.3 Å². The molecular formula is C18H19BrN2OS. The van der Waals surface area contributed by atoms with Gasteiger partial charge in [-0.25, -0.2) is 0 Å². The smallest absolute Gasteiger partial charge is 0.121 e. The first-order valence-corrected chi connectivity index (χ1v) is 9.06. The van der Waals surface area contributed by atoms with Crippen molar-refractivity contribution in [2.24, 2.45) is 0 Å². The average molecular weight is 391 g/mol. The van der Waals surface area contributed by atoms with Crippen LogP contribution in [-0.2, 0) is 0 Å². The minimum Gasteiger partial charge on any atom is -0.489 e. The maximum Gasteiger partial charge on any atom is 0.121 e. The van der Waals surface area contributed by atoms with Crippen LogP contribution in [0.15, 0.2) is 46.9 Å². The summed E-state index contributed by atoms with van der Waals surface area (Å²) in [5, 5.41) is 1.17. The van der Waals surface area contributed by atoms with E-state index >= 15 is 0 Å². The highest BCUT2D eigenvalue weighted by Crippen LogP contribution is 2.33. The standard InChI is InChI=1S/C18H19BrN2OS/c1-12(11-21(2)3)22-15-8-9-16-17(10-15)23-20-18(16)13-4-6-14(19)7-5-13/h4-10,12H,11H2,1-3H3. The van der Waals surface area contributed by atoms with E-state index in [0.717, 1.165) is 32.7 Å². The van der Waals surface area contributed by atoms with Crippen LogP contribution in [0.4, 0.5) is 0 Å². The molecule has 0 bridgehead atoms. The van der Waals surface area contributed by atoms with Crippen molar-refractivity contribution in [2.75, 3.05) is 20.6 Å². The van der Waals surface area contributed by atoms with Crippen LogP contribution in [0.1, 0.15) is 6.92 Å². The van der Waals surface area contributed by atoms with Gasteiger partial charge in [-0.15, -0.1) is 0 Å². The normalized spacial score (nSPS) is 12.7. The Morgan fingerprint density at radius 2 is 1.91 bits per heavy atom. The van der Waals surface area contributed by atoms with E-state index in [4.69, 9.17) is 4.74 Å². The molecule has 1 aromatic heterocycles. The van der Waals surface area contributed by atoms with Crippen molar-refractivity contribution in [3.05, 3.63) is 46.9 Å². The molecule has 1 heterocycles. The minimum absolute atomic E-state index is 0.154. The lowest BCUT2D eigenvalue weighted by molar-refractivity contribution is 0.177. The highest BCUT2D eigenvalue weighted by molar-refractivity contribution is 9.10. The number of ether oxygens (including phenoxy) is 1. The molecule has 0 spiro atoms. The molecule has 3 nitrogen and oxygen atoms in total. The van der Waals surface area contributed by atoms with Gasteiger partial charge in [-0.1, -0.05) is 28.1 Å². The first-order chi connectivity index (χ1) is 11.0. The number of hydrogen-bond acceptors (Lipinski definition) is 4. The molecule has 0 amide bonds. The highest BCUT2D eigenvalue weighted by atomic mass is 79.9. The lowest BCUT2D eigenvalue weighted by Gasteiger charge is -2.18. The molecule has 0 saturated carbocycles. The SMILES string of the molecule is CC(CN(C)C)Oc1ccc2c(-c3ccc(Br)cc3)nsc2c1. The van der Waals surface area contributed by atoms with Crippen LogP contribution in [0.2, 0.25) is 0 Å². The molecule has 3 aromatic rings. The van der Waals surface area contributed by atoms with E-state index in [1.54, 1.807) is 0 Å². The van der Waals surface area contributed by atoms with Crippen molar-refractivity contribution in [1.82, 2.24) is 9.27 Å². The fourth-order valence-corrected chi connectivity index (χ4v) is 3.68. The number of aromatic nitrogens is 1. The quantitative estimate of drug-likeness (QED) is 0.608. The van der Waals surface area contributed by atoms with Gasteiger partial charge >= 0.3 is 0 Å². The van der Waals surface area contributed by atoms with E-state index in [1.807, 2.05) is 18.2 Å². The molecule has 0 aliphatic heterocycles. The summed E-state index contributed by atoms with van der Waals surface area (Å²) in [6.07, 6.45) is 0.154. The lowest BCUT2D eigenvalue weighted by Crippen LogP contribution is -2.27. The summed E-state index contributed by atoms with van der Waals surface area (Å²) in [4.78, 5) is 2.13. The Morgan fingerprint density at radius 1 is 1.17 bits per heavy atom. The van der Waals surface area contributed by atoms with Crippen molar-refractivity contribution in [3.8, 4) is 17.0 Å². The highest BCUT2D eigenvalue weighted by Gasteiger charge is 2.11. The Labute approximate surface area is 149 Å². The Kier molecular flexibility index (Phi) is 4.99. The van der Waals surface area contributed by atoms with E-state index < -0.39 is 0 Å². The van der Waals surface area contributed by atoms with Crippen LogP contribution < -0.4 is 4.74 Å². The first-order valence-electron chi connectivity index (χ1n) is 7.49. The zero-order valence-electron chi connectivity index (χ0n) is 13.4. The number of nitrogens with zero attached hydrogens (tertiary/aromatic N) is 2. The summed E-state index contributed by atoms with van der Waals surface area (Å²) in [5.74, 6) is 0.901. The van der Waals surface area contributed by atoms with Crippen LogP contribution in [-0.4, -0.2) is 36.0 Å². The van der Waals surface area contributed by atoms with Crippen LogP contribution in [0.3, 0.4) is 0 Å². The number of fused-ring (bicyclic) bond motifs is 1. The fraction of sp³-hybridized carbons (Fsp3) is 0.278.